The Bertz CT molecular complexity index is 1060. The first-order valence-electron chi connectivity index (χ1n) is 21.3. The Morgan fingerprint density at radius 3 is 1.35 bits per heavy atom. The maximum Gasteiger partial charge on any atom is 0.306 e. The summed E-state index contributed by atoms with van der Waals surface area (Å²) in [6, 6.07) is -0.903. The molecule has 0 aromatic rings. The largest absolute Gasteiger partial charge is 0.481 e. The van der Waals surface area contributed by atoms with E-state index in [2.05, 4.69) is 16.0 Å². The highest BCUT2D eigenvalue weighted by molar-refractivity contribution is 5.88. The number of hydrogen-bond donors (Lipinski definition) is 6. The fraction of sp³-hybridized carbons (Fsp3) is 0.854. The summed E-state index contributed by atoms with van der Waals surface area (Å²) in [5.41, 5.74) is 0. The summed E-state index contributed by atoms with van der Waals surface area (Å²) in [6.07, 6.45) is 17.8. The van der Waals surface area contributed by atoms with Gasteiger partial charge in [0.05, 0.1) is 65.2 Å². The van der Waals surface area contributed by atoms with Crippen LogP contribution in [0.3, 0.4) is 0 Å². The minimum absolute atomic E-state index is 0.0142. The quantitative estimate of drug-likeness (QED) is 0.0433. The third kappa shape index (κ3) is 39.3. The highest BCUT2D eigenvalue weighted by Crippen LogP contribution is 2.14. The van der Waals surface area contributed by atoms with Gasteiger partial charge in [-0.1, -0.05) is 90.4 Å². The van der Waals surface area contributed by atoms with Crippen molar-refractivity contribution in [3.05, 3.63) is 0 Å². The zero-order chi connectivity index (χ0) is 42.2. The molecule has 0 aromatic carbocycles. The zero-order valence-corrected chi connectivity index (χ0v) is 34.7. The van der Waals surface area contributed by atoms with Crippen LogP contribution in [0.4, 0.5) is 0 Å². The van der Waals surface area contributed by atoms with E-state index in [0.717, 1.165) is 44.9 Å². The van der Waals surface area contributed by atoms with Gasteiger partial charge in [-0.05, 0) is 32.1 Å². The number of ether oxygens (including phenoxy) is 4. The molecule has 57 heavy (non-hydrogen) atoms. The third-order valence-electron chi connectivity index (χ3n) is 9.29. The van der Waals surface area contributed by atoms with Crippen LogP contribution < -0.4 is 16.0 Å². The molecule has 16 heteroatoms. The lowest BCUT2D eigenvalue weighted by Crippen LogP contribution is -2.47. The summed E-state index contributed by atoms with van der Waals surface area (Å²) in [5, 5.41) is 34.8. The molecule has 6 N–H and O–H groups in total. The first kappa shape index (κ1) is 53.7. The zero-order valence-electron chi connectivity index (χ0n) is 34.7. The third-order valence-corrected chi connectivity index (χ3v) is 9.29. The summed E-state index contributed by atoms with van der Waals surface area (Å²) in [7, 11) is 0. The average Bonchev–Trinajstić information content (AvgIpc) is 3.17. The van der Waals surface area contributed by atoms with Crippen LogP contribution >= 0.6 is 0 Å². The number of carbonyl (C=O) groups is 6. The molecule has 16 nitrogen and oxygen atoms in total. The summed E-state index contributed by atoms with van der Waals surface area (Å²) in [4.78, 5) is 69.4. The van der Waals surface area contributed by atoms with Crippen LogP contribution in [0.15, 0.2) is 0 Å². The number of aliphatic carboxylic acids is 3. The molecule has 2 atom stereocenters. The summed E-state index contributed by atoms with van der Waals surface area (Å²) >= 11 is 0. The molecule has 0 aromatic heterocycles. The summed E-state index contributed by atoms with van der Waals surface area (Å²) in [5.74, 6) is -3.83. The highest BCUT2D eigenvalue weighted by atomic mass is 16.6. The normalized spacial score (nSPS) is 12.2. The first-order chi connectivity index (χ1) is 27.5. The lowest BCUT2D eigenvalue weighted by molar-refractivity contribution is -0.141. The standard InChI is InChI=1S/C41H75N3O13/c1-34(41(52)53)18-16-17-24-43-40(51)35(21-22-38(47)48)44-37(46)20-15-13-11-9-7-5-3-2-4-6-8-10-12-14-19-36(45)42-25-27-55-29-31-57-33-32-56-30-28-54-26-23-39(49)50/h34-35H,2-33H2,1H3,(H,42,45)(H,43,51)(H,44,46)(H,47,48)(H,49,50)(H,52,53)/t34-,35-/m0/s1. The van der Waals surface area contributed by atoms with E-state index in [4.69, 9.17) is 34.3 Å². The van der Waals surface area contributed by atoms with Gasteiger partial charge in [0.25, 0.3) is 0 Å². The second kappa shape index (κ2) is 39.5. The maximum absolute atomic E-state index is 12.6. The van der Waals surface area contributed by atoms with Crippen molar-refractivity contribution in [3.63, 3.8) is 0 Å². The number of amides is 3. The van der Waals surface area contributed by atoms with E-state index in [-0.39, 0.29) is 37.7 Å². The van der Waals surface area contributed by atoms with Gasteiger partial charge in [0.15, 0.2) is 0 Å². The van der Waals surface area contributed by atoms with Crippen molar-refractivity contribution >= 4 is 35.6 Å². The van der Waals surface area contributed by atoms with E-state index in [0.29, 0.717) is 91.4 Å². The lowest BCUT2D eigenvalue weighted by Gasteiger charge is -2.18. The highest BCUT2D eigenvalue weighted by Gasteiger charge is 2.21. The van der Waals surface area contributed by atoms with Crippen molar-refractivity contribution in [2.24, 2.45) is 5.92 Å². The molecule has 0 unspecified atom stereocenters. The van der Waals surface area contributed by atoms with Crippen LogP contribution in [-0.2, 0) is 47.7 Å². The molecule has 0 aliphatic rings. The van der Waals surface area contributed by atoms with E-state index in [9.17, 15) is 28.8 Å². The smallest absolute Gasteiger partial charge is 0.306 e. The van der Waals surface area contributed by atoms with Crippen LogP contribution in [0.5, 0.6) is 0 Å². The summed E-state index contributed by atoms with van der Waals surface area (Å²) < 4.78 is 21.3. The molecule has 0 fully saturated rings. The van der Waals surface area contributed by atoms with Gasteiger partial charge in [-0.2, -0.15) is 0 Å². The Labute approximate surface area is 340 Å². The molecule has 0 radical (unpaired) electrons. The Kier molecular flexibility index (Phi) is 37.2. The van der Waals surface area contributed by atoms with Crippen molar-refractivity contribution < 1.29 is 63.0 Å². The second-order valence-electron chi connectivity index (χ2n) is 14.5. The van der Waals surface area contributed by atoms with Crippen molar-refractivity contribution in [2.75, 3.05) is 65.9 Å². The first-order valence-corrected chi connectivity index (χ1v) is 21.3. The molecule has 0 spiro atoms. The molecule has 0 rings (SSSR count). The van der Waals surface area contributed by atoms with Gasteiger partial charge in [-0.3, -0.25) is 28.8 Å². The van der Waals surface area contributed by atoms with E-state index >= 15 is 0 Å². The molecule has 0 bridgehead atoms. The van der Waals surface area contributed by atoms with Crippen LogP contribution in [0.2, 0.25) is 0 Å². The van der Waals surface area contributed by atoms with Gasteiger partial charge in [0, 0.05) is 32.4 Å². The van der Waals surface area contributed by atoms with E-state index < -0.39 is 35.8 Å². The fourth-order valence-corrected chi connectivity index (χ4v) is 5.80. The van der Waals surface area contributed by atoms with Crippen molar-refractivity contribution in [1.82, 2.24) is 16.0 Å². The number of nitrogens with one attached hydrogen (secondary N) is 3. The van der Waals surface area contributed by atoms with Gasteiger partial charge < -0.3 is 50.2 Å². The molecule has 0 saturated heterocycles. The van der Waals surface area contributed by atoms with Crippen molar-refractivity contribution in [2.45, 2.75) is 154 Å². The van der Waals surface area contributed by atoms with E-state index in [1.807, 2.05) is 0 Å². The molecule has 0 aliphatic heterocycles. The van der Waals surface area contributed by atoms with Gasteiger partial charge in [0.1, 0.15) is 6.04 Å². The van der Waals surface area contributed by atoms with Crippen LogP contribution in [-0.4, -0.2) is 123 Å². The molecule has 0 heterocycles. The van der Waals surface area contributed by atoms with Crippen LogP contribution in [0, 0.1) is 5.92 Å². The molecular formula is C41H75N3O13. The predicted octanol–water partition coefficient (Wildman–Crippen LogP) is 5.24. The Morgan fingerprint density at radius 1 is 0.439 bits per heavy atom. The topological polar surface area (TPSA) is 236 Å². The Morgan fingerprint density at radius 2 is 0.877 bits per heavy atom. The summed E-state index contributed by atoms with van der Waals surface area (Å²) in [6.45, 7) is 5.55. The average molecular weight is 818 g/mol. The van der Waals surface area contributed by atoms with E-state index in [1.165, 1.54) is 44.9 Å². The van der Waals surface area contributed by atoms with Crippen LogP contribution in [0.25, 0.3) is 0 Å². The molecule has 0 saturated carbocycles. The number of carboxylic acid groups (broad SMARTS) is 3. The monoisotopic (exact) mass is 818 g/mol. The van der Waals surface area contributed by atoms with Gasteiger partial charge in [-0.25, -0.2) is 0 Å². The minimum atomic E-state index is -1.03. The molecular weight excluding hydrogens is 742 g/mol. The number of rotatable bonds is 43. The van der Waals surface area contributed by atoms with E-state index in [1.54, 1.807) is 6.92 Å². The molecule has 332 valence electrons. The molecule has 3 amide bonds. The maximum atomic E-state index is 12.6. The van der Waals surface area contributed by atoms with Crippen LogP contribution in [0.1, 0.15) is 148 Å². The number of unbranched alkanes of at least 4 members (excludes halogenated alkanes) is 14. The Balaban J connectivity index is 3.59. The molecule has 0 aliphatic carbocycles. The van der Waals surface area contributed by atoms with Crippen molar-refractivity contribution in [3.8, 4) is 0 Å². The fourth-order valence-electron chi connectivity index (χ4n) is 5.80. The lowest BCUT2D eigenvalue weighted by atomic mass is 10.0. The van der Waals surface area contributed by atoms with Gasteiger partial charge in [0.2, 0.25) is 17.7 Å². The Hall–Kier alpha value is -3.34. The number of carbonyl (C=O) groups excluding carboxylic acids is 3. The minimum Gasteiger partial charge on any atom is -0.481 e. The van der Waals surface area contributed by atoms with Gasteiger partial charge >= 0.3 is 17.9 Å². The second-order valence-corrected chi connectivity index (χ2v) is 14.5. The number of carboxylic acids is 3. The van der Waals surface area contributed by atoms with Crippen molar-refractivity contribution in [1.29, 1.82) is 0 Å². The predicted molar refractivity (Wildman–Crippen MR) is 215 cm³/mol. The number of hydrogen-bond acceptors (Lipinski definition) is 10. The SMILES string of the molecule is C[C@@H](CCCCNC(=O)[C@H](CCC(=O)O)NC(=O)CCCCCCCCCCCCCCCCC(=O)NCCOCCOCCOCCOCCC(=O)O)C(=O)O. The van der Waals surface area contributed by atoms with Gasteiger partial charge in [-0.15, -0.1) is 0 Å².